The molecule has 0 unspecified atom stereocenters. The minimum atomic E-state index is -0.379. The average Bonchev–Trinajstić information content (AvgIpc) is 2.26. The first-order valence-electron chi connectivity index (χ1n) is 6.51. The van der Waals surface area contributed by atoms with Crippen LogP contribution in [0.3, 0.4) is 0 Å². The van der Waals surface area contributed by atoms with Crippen LogP contribution < -0.4 is 4.74 Å². The lowest BCUT2D eigenvalue weighted by Gasteiger charge is -2.50. The van der Waals surface area contributed by atoms with E-state index < -0.39 is 0 Å². The summed E-state index contributed by atoms with van der Waals surface area (Å²) in [5.41, 5.74) is 0.0882. The quantitative estimate of drug-likeness (QED) is 0.759. The first-order valence-corrected chi connectivity index (χ1v) is 6.51. The Morgan fingerprint density at radius 3 is 2.78 bits per heavy atom. The third kappa shape index (κ3) is 1.73. The van der Waals surface area contributed by atoms with Crippen LogP contribution in [-0.2, 0) is 0 Å². The van der Waals surface area contributed by atoms with Crippen LogP contribution in [0.2, 0.25) is 0 Å². The van der Waals surface area contributed by atoms with E-state index in [4.69, 9.17) is 4.74 Å². The zero-order valence-electron chi connectivity index (χ0n) is 10.7. The van der Waals surface area contributed by atoms with Crippen molar-refractivity contribution < 1.29 is 13.9 Å². The number of hydrogen-bond donors (Lipinski definition) is 0. The molecule has 0 saturated heterocycles. The van der Waals surface area contributed by atoms with Crippen LogP contribution in [0, 0.1) is 17.7 Å². The van der Waals surface area contributed by atoms with Crippen LogP contribution in [0.4, 0.5) is 4.39 Å². The molecule has 1 aliphatic heterocycles. The van der Waals surface area contributed by atoms with Crippen LogP contribution >= 0.6 is 0 Å². The van der Waals surface area contributed by atoms with E-state index in [-0.39, 0.29) is 17.2 Å². The topological polar surface area (TPSA) is 26.3 Å². The van der Waals surface area contributed by atoms with E-state index in [0.29, 0.717) is 29.6 Å². The van der Waals surface area contributed by atoms with Gasteiger partial charge in [0.05, 0.1) is 12.0 Å². The fraction of sp³-hybridized carbons (Fsp3) is 0.533. The standard InChI is InChI=1S/C15H17FO2/c1-9(2)10-6-15(7-10)8-13(17)12-5-11(16)3-4-14(12)18-15/h3-5,9-10H,6-8H2,1-2H3. The molecule has 1 aliphatic carbocycles. The number of ether oxygens (including phenoxy) is 1. The molecule has 0 aromatic heterocycles. The molecule has 1 heterocycles. The van der Waals surface area contributed by atoms with E-state index in [2.05, 4.69) is 13.8 Å². The molecule has 0 N–H and O–H groups in total. The summed E-state index contributed by atoms with van der Waals surface area (Å²) < 4.78 is 19.1. The molecule has 1 saturated carbocycles. The Labute approximate surface area is 106 Å². The largest absolute Gasteiger partial charge is 0.486 e. The molecule has 0 bridgehead atoms. The monoisotopic (exact) mass is 248 g/mol. The Balaban J connectivity index is 1.85. The van der Waals surface area contributed by atoms with Crippen molar-refractivity contribution in [1.82, 2.24) is 0 Å². The van der Waals surface area contributed by atoms with Crippen molar-refractivity contribution in [2.75, 3.05) is 0 Å². The minimum absolute atomic E-state index is 0.0120. The third-order valence-corrected chi connectivity index (χ3v) is 4.26. The normalized spacial score (nSPS) is 30.0. The van der Waals surface area contributed by atoms with E-state index in [0.717, 1.165) is 12.8 Å². The average molecular weight is 248 g/mol. The molecule has 0 atom stereocenters. The summed E-state index contributed by atoms with van der Waals surface area (Å²) in [6, 6.07) is 4.21. The maximum atomic E-state index is 13.1. The Bertz CT molecular complexity index is 501. The SMILES string of the molecule is CC(C)C1CC2(CC(=O)c3cc(F)ccc3O2)C1. The summed E-state index contributed by atoms with van der Waals surface area (Å²) in [7, 11) is 0. The van der Waals surface area contributed by atoms with Gasteiger partial charge in [-0.3, -0.25) is 4.79 Å². The van der Waals surface area contributed by atoms with Gasteiger partial charge in [0.15, 0.2) is 5.78 Å². The molecule has 3 rings (SSSR count). The van der Waals surface area contributed by atoms with Gasteiger partial charge in [0.2, 0.25) is 0 Å². The molecular formula is C15H17FO2. The number of halogens is 1. The molecule has 96 valence electrons. The number of hydrogen-bond acceptors (Lipinski definition) is 2. The Hall–Kier alpha value is -1.38. The van der Waals surface area contributed by atoms with Gasteiger partial charge in [-0.2, -0.15) is 0 Å². The fourth-order valence-corrected chi connectivity index (χ4v) is 3.06. The molecule has 0 amide bonds. The second-order valence-electron chi connectivity index (χ2n) is 5.94. The van der Waals surface area contributed by atoms with Crippen LogP contribution in [0.1, 0.15) is 43.5 Å². The summed E-state index contributed by atoms with van der Waals surface area (Å²) in [5.74, 6) is 1.45. The molecular weight excluding hydrogens is 231 g/mol. The van der Waals surface area contributed by atoms with Gasteiger partial charge in [-0.1, -0.05) is 13.8 Å². The highest BCUT2D eigenvalue weighted by Gasteiger charge is 2.51. The van der Waals surface area contributed by atoms with Crippen molar-refractivity contribution in [3.63, 3.8) is 0 Å². The number of carbonyl (C=O) groups is 1. The van der Waals surface area contributed by atoms with Crippen molar-refractivity contribution in [3.05, 3.63) is 29.6 Å². The number of fused-ring (bicyclic) bond motifs is 1. The smallest absolute Gasteiger partial charge is 0.170 e. The second kappa shape index (κ2) is 3.81. The van der Waals surface area contributed by atoms with Gasteiger partial charge in [-0.05, 0) is 42.9 Å². The van der Waals surface area contributed by atoms with Gasteiger partial charge in [-0.15, -0.1) is 0 Å². The first kappa shape index (κ1) is 11.7. The summed E-state index contributed by atoms with van der Waals surface area (Å²) in [5, 5.41) is 0. The number of benzene rings is 1. The maximum Gasteiger partial charge on any atom is 0.170 e. The molecule has 0 radical (unpaired) electrons. The zero-order valence-corrected chi connectivity index (χ0v) is 10.7. The first-order chi connectivity index (χ1) is 8.49. The molecule has 2 nitrogen and oxygen atoms in total. The van der Waals surface area contributed by atoms with E-state index in [1.54, 1.807) is 6.07 Å². The molecule has 1 fully saturated rings. The van der Waals surface area contributed by atoms with Gasteiger partial charge < -0.3 is 4.74 Å². The van der Waals surface area contributed by atoms with Crippen molar-refractivity contribution in [2.24, 2.45) is 11.8 Å². The zero-order chi connectivity index (χ0) is 12.9. The van der Waals surface area contributed by atoms with Crippen molar-refractivity contribution in [2.45, 2.75) is 38.7 Å². The van der Waals surface area contributed by atoms with Crippen molar-refractivity contribution >= 4 is 5.78 Å². The number of ketones is 1. The van der Waals surface area contributed by atoms with E-state index >= 15 is 0 Å². The van der Waals surface area contributed by atoms with E-state index in [9.17, 15) is 9.18 Å². The number of Topliss-reactive ketones (excluding diaryl/α,β-unsaturated/α-hetero) is 1. The summed E-state index contributed by atoms with van der Waals surface area (Å²) in [4.78, 5) is 12.1. The Morgan fingerprint density at radius 2 is 2.11 bits per heavy atom. The second-order valence-corrected chi connectivity index (χ2v) is 5.94. The van der Waals surface area contributed by atoms with Gasteiger partial charge in [-0.25, -0.2) is 4.39 Å². The predicted molar refractivity (Wildman–Crippen MR) is 66.3 cm³/mol. The lowest BCUT2D eigenvalue weighted by molar-refractivity contribution is -0.0697. The van der Waals surface area contributed by atoms with Crippen molar-refractivity contribution in [3.8, 4) is 5.75 Å². The third-order valence-electron chi connectivity index (χ3n) is 4.26. The van der Waals surface area contributed by atoms with Crippen molar-refractivity contribution in [1.29, 1.82) is 0 Å². The highest BCUT2D eigenvalue weighted by molar-refractivity contribution is 6.00. The summed E-state index contributed by atoms with van der Waals surface area (Å²) in [6.45, 7) is 4.40. The van der Waals surface area contributed by atoms with E-state index in [1.165, 1.54) is 12.1 Å². The summed E-state index contributed by atoms with van der Waals surface area (Å²) >= 11 is 0. The highest BCUT2D eigenvalue weighted by atomic mass is 19.1. The van der Waals surface area contributed by atoms with Gasteiger partial charge in [0.25, 0.3) is 0 Å². The van der Waals surface area contributed by atoms with Crippen LogP contribution in [-0.4, -0.2) is 11.4 Å². The predicted octanol–water partition coefficient (Wildman–Crippen LogP) is 3.60. The Morgan fingerprint density at radius 1 is 1.39 bits per heavy atom. The number of carbonyl (C=O) groups excluding carboxylic acids is 1. The van der Waals surface area contributed by atoms with Gasteiger partial charge >= 0.3 is 0 Å². The lowest BCUT2D eigenvalue weighted by atomic mass is 9.63. The van der Waals surface area contributed by atoms with Gasteiger partial charge in [0.1, 0.15) is 17.2 Å². The number of rotatable bonds is 1. The molecule has 2 aliphatic rings. The van der Waals surface area contributed by atoms with Crippen LogP contribution in [0.5, 0.6) is 5.75 Å². The maximum absolute atomic E-state index is 13.1. The fourth-order valence-electron chi connectivity index (χ4n) is 3.06. The molecule has 1 spiro atoms. The minimum Gasteiger partial charge on any atom is -0.486 e. The highest BCUT2D eigenvalue weighted by Crippen LogP contribution is 2.50. The molecule has 1 aromatic rings. The van der Waals surface area contributed by atoms with Gasteiger partial charge in [0, 0.05) is 0 Å². The van der Waals surface area contributed by atoms with Crippen LogP contribution in [0.15, 0.2) is 18.2 Å². The Kier molecular flexibility index (Phi) is 2.47. The molecule has 1 aromatic carbocycles. The summed E-state index contributed by atoms with van der Waals surface area (Å²) in [6.07, 6.45) is 2.27. The molecule has 18 heavy (non-hydrogen) atoms. The van der Waals surface area contributed by atoms with Crippen LogP contribution in [0.25, 0.3) is 0 Å². The molecule has 3 heteroatoms. The lowest BCUT2D eigenvalue weighted by Crippen LogP contribution is -2.53. The van der Waals surface area contributed by atoms with E-state index in [1.807, 2.05) is 0 Å².